The van der Waals surface area contributed by atoms with E-state index in [0.29, 0.717) is 11.1 Å². The van der Waals surface area contributed by atoms with Crippen LogP contribution in [-0.2, 0) is 36.7 Å². The van der Waals surface area contributed by atoms with E-state index in [2.05, 4.69) is 29.9 Å². The summed E-state index contributed by atoms with van der Waals surface area (Å²) >= 11 is 0. The SMILES string of the molecule is Nc1nc2c(nc(-c3ccccc3)n2[C@@H]2O[C@@H]3COP(=O)(O)OC4[C@@H](COP(=O)(O)OC3[C@@H]2O)O[C@@H](n2c(-c3ccccc3)nc3c(=O)[nH]c(N)nc32)[C@H]4O)c(=O)[nH]1. The van der Waals surface area contributed by atoms with Crippen LogP contribution in [0.15, 0.2) is 70.3 Å². The summed E-state index contributed by atoms with van der Waals surface area (Å²) in [5, 5.41) is 23.4. The number of nitrogens with two attached hydrogens (primary N) is 2. The van der Waals surface area contributed by atoms with E-state index >= 15 is 0 Å². The number of aromatic amines is 2. The van der Waals surface area contributed by atoms with Gasteiger partial charge in [-0.3, -0.25) is 46.8 Å². The average Bonchev–Trinajstić information content (AvgIpc) is 3.91. The molecule has 26 heteroatoms. The number of anilines is 2. The first-order valence-corrected chi connectivity index (χ1v) is 20.3. The molecular weight excluding hydrogens is 810 g/mol. The molecule has 10 N–H and O–H groups in total. The molecule has 0 saturated carbocycles. The lowest BCUT2D eigenvalue weighted by Gasteiger charge is -2.27. The number of imidazole rings is 2. The predicted octanol–water partition coefficient (Wildman–Crippen LogP) is 0.286. The molecule has 0 spiro atoms. The molecule has 10 atom stereocenters. The second-order valence-corrected chi connectivity index (χ2v) is 16.2. The third kappa shape index (κ3) is 6.73. The number of aliphatic hydroxyl groups is 2. The monoisotopic (exact) mass is 842 g/mol. The number of phosphoric ester groups is 2. The van der Waals surface area contributed by atoms with Gasteiger partial charge in [0.25, 0.3) is 11.1 Å². The van der Waals surface area contributed by atoms with Gasteiger partial charge in [-0.25, -0.2) is 19.1 Å². The average molecular weight is 843 g/mol. The summed E-state index contributed by atoms with van der Waals surface area (Å²) in [5.41, 5.74) is 10.5. The van der Waals surface area contributed by atoms with Gasteiger partial charge in [0.1, 0.15) is 48.3 Å². The number of fused-ring (bicyclic) bond motifs is 4. The van der Waals surface area contributed by atoms with Gasteiger partial charge in [-0.05, 0) is 0 Å². The van der Waals surface area contributed by atoms with Crippen LogP contribution in [-0.4, -0.2) is 109 Å². The summed E-state index contributed by atoms with van der Waals surface area (Å²) in [6, 6.07) is 16.8. The van der Waals surface area contributed by atoms with Crippen LogP contribution in [0.2, 0.25) is 0 Å². The van der Waals surface area contributed by atoms with Gasteiger partial charge >= 0.3 is 15.6 Å². The largest absolute Gasteiger partial charge is 0.472 e. The van der Waals surface area contributed by atoms with Gasteiger partial charge in [0.2, 0.25) is 11.9 Å². The van der Waals surface area contributed by atoms with Crippen LogP contribution in [0.5, 0.6) is 0 Å². The third-order valence-electron chi connectivity index (χ3n) is 9.64. The van der Waals surface area contributed by atoms with E-state index in [0.717, 1.165) is 0 Å². The zero-order valence-electron chi connectivity index (χ0n) is 29.4. The Hall–Kier alpha value is -5.20. The first kappa shape index (κ1) is 38.3. The molecule has 9 rings (SSSR count). The van der Waals surface area contributed by atoms with Crippen molar-refractivity contribution in [2.45, 2.75) is 49.1 Å². The second-order valence-electron chi connectivity index (χ2n) is 13.4. The molecule has 0 amide bonds. The first-order valence-electron chi connectivity index (χ1n) is 17.3. The molecule has 24 nitrogen and oxygen atoms in total. The third-order valence-corrected chi connectivity index (χ3v) is 11.6. The van der Waals surface area contributed by atoms with Gasteiger partial charge in [-0.15, -0.1) is 0 Å². The highest BCUT2D eigenvalue weighted by Gasteiger charge is 2.54. The predicted molar refractivity (Wildman–Crippen MR) is 197 cm³/mol. The minimum absolute atomic E-state index is 0.0678. The zero-order chi connectivity index (χ0) is 40.7. The van der Waals surface area contributed by atoms with E-state index < -0.39 is 89.1 Å². The van der Waals surface area contributed by atoms with Crippen LogP contribution in [0, 0.1) is 0 Å². The minimum Gasteiger partial charge on any atom is -0.386 e. The highest BCUT2D eigenvalue weighted by atomic mass is 31.2. The van der Waals surface area contributed by atoms with Crippen LogP contribution in [0.25, 0.3) is 45.1 Å². The maximum Gasteiger partial charge on any atom is 0.472 e. The number of rotatable bonds is 4. The molecule has 3 saturated heterocycles. The Kier molecular flexibility index (Phi) is 9.43. The van der Waals surface area contributed by atoms with Crippen LogP contribution < -0.4 is 22.6 Å². The number of H-pyrrole nitrogens is 2. The lowest BCUT2D eigenvalue weighted by atomic mass is 10.1. The van der Waals surface area contributed by atoms with Gasteiger partial charge in [-0.2, -0.15) is 9.97 Å². The Labute approximate surface area is 323 Å². The molecule has 4 unspecified atom stereocenters. The van der Waals surface area contributed by atoms with E-state index in [1.165, 1.54) is 9.13 Å². The van der Waals surface area contributed by atoms with Crippen molar-refractivity contribution in [3.05, 3.63) is 81.4 Å². The van der Waals surface area contributed by atoms with Crippen LogP contribution in [0.3, 0.4) is 0 Å². The molecule has 7 heterocycles. The molecule has 0 aliphatic carbocycles. The number of nitrogens with one attached hydrogen (secondary N) is 2. The van der Waals surface area contributed by atoms with Gasteiger partial charge in [0.05, 0.1) is 13.2 Å². The van der Waals surface area contributed by atoms with Crippen molar-refractivity contribution >= 4 is 49.9 Å². The molecule has 3 fully saturated rings. The Morgan fingerprint density at radius 1 is 0.638 bits per heavy atom. The summed E-state index contributed by atoms with van der Waals surface area (Å²) in [4.78, 5) is 69.7. The van der Waals surface area contributed by atoms with Crippen LogP contribution >= 0.6 is 15.6 Å². The highest BCUT2D eigenvalue weighted by molar-refractivity contribution is 7.47. The van der Waals surface area contributed by atoms with E-state index in [1.807, 2.05) is 0 Å². The lowest BCUT2D eigenvalue weighted by molar-refractivity contribution is -0.0659. The van der Waals surface area contributed by atoms with Crippen molar-refractivity contribution in [2.24, 2.45) is 0 Å². The fraction of sp³-hybridized carbons (Fsp3) is 0.312. The van der Waals surface area contributed by atoms with E-state index in [1.54, 1.807) is 60.7 Å². The molecule has 3 aliphatic rings. The second kappa shape index (κ2) is 14.3. The minimum atomic E-state index is -5.23. The number of ether oxygens (including phenoxy) is 2. The number of benzene rings is 2. The summed E-state index contributed by atoms with van der Waals surface area (Å²) in [6.45, 7) is -1.83. The molecule has 0 bridgehead atoms. The molecule has 2 aromatic carbocycles. The number of hydrogen-bond donors (Lipinski definition) is 8. The number of nitrogens with zero attached hydrogens (tertiary/aromatic N) is 6. The lowest BCUT2D eigenvalue weighted by Crippen LogP contribution is -2.39. The Balaban J connectivity index is 1.06. The standard InChI is InChI=1S/C32H32N10O14P2/c33-31-37-25-17(27(45)39-31)35-23(13-7-3-1-4-8-13)41(25)29-19(43)21-15(53-29)11-51-58(49,50)56-22-16(12-52-57(47,48)55-21)54-30(20(22)44)42-24(14-9-5-2-6-10-14)36-18-26(42)38-32(34)40-28(18)46/h1-10,15-16,19-22,29-30,43-44H,11-12H2,(H,47,48)(H,49,50)(H3,33,37,39,45)(H3,34,38,40,46)/t15-,16-,19+,20+,21?,22?,29-,30-/m1/s1. The van der Waals surface area contributed by atoms with Crippen LogP contribution in [0.4, 0.5) is 11.9 Å². The smallest absolute Gasteiger partial charge is 0.386 e. The Morgan fingerprint density at radius 2 is 1.02 bits per heavy atom. The van der Waals surface area contributed by atoms with Crippen molar-refractivity contribution in [3.63, 3.8) is 0 Å². The number of aromatic nitrogens is 8. The molecule has 3 aliphatic heterocycles. The van der Waals surface area contributed by atoms with Crippen molar-refractivity contribution in [1.29, 1.82) is 0 Å². The van der Waals surface area contributed by atoms with E-state index in [-0.39, 0.29) is 45.9 Å². The summed E-state index contributed by atoms with van der Waals surface area (Å²) in [5.74, 6) is -0.462. The molecule has 4 aromatic heterocycles. The van der Waals surface area contributed by atoms with Gasteiger partial charge < -0.3 is 40.9 Å². The quantitative estimate of drug-likeness (QED) is 0.111. The van der Waals surface area contributed by atoms with Crippen molar-refractivity contribution < 1.29 is 56.7 Å². The van der Waals surface area contributed by atoms with Crippen molar-refractivity contribution in [2.75, 3.05) is 24.7 Å². The Bertz CT molecular complexity index is 2580. The number of nitrogen functional groups attached to an aromatic ring is 2. The summed E-state index contributed by atoms with van der Waals surface area (Å²) < 4.78 is 63.3. The fourth-order valence-electron chi connectivity index (χ4n) is 7.16. The van der Waals surface area contributed by atoms with Crippen molar-refractivity contribution in [3.8, 4) is 22.8 Å². The molecule has 58 heavy (non-hydrogen) atoms. The number of hydrogen-bond acceptors (Lipinski definition) is 18. The van der Waals surface area contributed by atoms with Gasteiger partial charge in [-0.1, -0.05) is 60.7 Å². The first-order chi connectivity index (χ1) is 27.7. The highest BCUT2D eigenvalue weighted by Crippen LogP contribution is 2.54. The summed E-state index contributed by atoms with van der Waals surface area (Å²) in [7, 11) is -10.5. The van der Waals surface area contributed by atoms with Gasteiger partial charge in [0, 0.05) is 11.1 Å². The Morgan fingerprint density at radius 3 is 1.40 bits per heavy atom. The maximum atomic E-state index is 13.6. The van der Waals surface area contributed by atoms with E-state index in [9.17, 15) is 38.7 Å². The number of phosphoric acid groups is 2. The van der Waals surface area contributed by atoms with Crippen molar-refractivity contribution in [1.82, 2.24) is 39.0 Å². The summed E-state index contributed by atoms with van der Waals surface area (Å²) in [6.07, 6.45) is -13.7. The van der Waals surface area contributed by atoms with Crippen LogP contribution in [0.1, 0.15) is 12.5 Å². The normalized spacial score (nSPS) is 31.8. The molecule has 304 valence electrons. The maximum absolute atomic E-state index is 13.6. The fourth-order valence-corrected chi connectivity index (χ4v) is 9.09. The van der Waals surface area contributed by atoms with E-state index in [4.69, 9.17) is 39.0 Å². The topological polar surface area (TPSA) is 350 Å². The van der Waals surface area contributed by atoms with Gasteiger partial charge in [0.15, 0.2) is 34.8 Å². The zero-order valence-corrected chi connectivity index (χ0v) is 31.2. The molecular formula is C32H32N10O14P2. The molecule has 0 radical (unpaired) electrons. The molecule has 6 aromatic rings. The number of aliphatic hydroxyl groups excluding tert-OH is 2.